The summed E-state index contributed by atoms with van der Waals surface area (Å²) in [5, 5.41) is 2.86. The quantitative estimate of drug-likeness (QED) is 0.698. The van der Waals surface area contributed by atoms with E-state index < -0.39 is 11.5 Å². The normalized spacial score (nSPS) is 17.6. The van der Waals surface area contributed by atoms with Gasteiger partial charge in [0.1, 0.15) is 5.92 Å². The summed E-state index contributed by atoms with van der Waals surface area (Å²) < 4.78 is 0.912. The van der Waals surface area contributed by atoms with E-state index in [4.69, 9.17) is 5.73 Å². The molecule has 0 bridgehead atoms. The molecule has 7 heteroatoms. The Hall–Kier alpha value is -1.11. The van der Waals surface area contributed by atoms with Crippen LogP contribution in [0.25, 0.3) is 0 Å². The largest absolute Gasteiger partial charge is 0.354 e. The number of hydrogen-bond acceptors (Lipinski definition) is 3. The van der Waals surface area contributed by atoms with Gasteiger partial charge in [-0.25, -0.2) is 0 Å². The van der Waals surface area contributed by atoms with E-state index in [0.29, 0.717) is 19.5 Å². The van der Waals surface area contributed by atoms with E-state index in [1.165, 1.54) is 0 Å². The summed E-state index contributed by atoms with van der Waals surface area (Å²) in [6.07, 6.45) is 2.10. The van der Waals surface area contributed by atoms with Gasteiger partial charge in [-0.2, -0.15) is 0 Å². The molecule has 0 aliphatic carbocycles. The molecular formula is C17H25BrClN3O2. The summed E-state index contributed by atoms with van der Waals surface area (Å²) in [4.78, 5) is 26.6. The fourth-order valence-corrected chi connectivity index (χ4v) is 3.10. The minimum Gasteiger partial charge on any atom is -0.354 e. The van der Waals surface area contributed by atoms with Crippen LogP contribution in [-0.4, -0.2) is 30.4 Å². The molecule has 1 aliphatic rings. The number of nitrogens with zero attached hydrogens (tertiary/aromatic N) is 1. The predicted octanol–water partition coefficient (Wildman–Crippen LogP) is 2.86. The minimum atomic E-state index is -0.619. The van der Waals surface area contributed by atoms with Crippen LogP contribution in [0.15, 0.2) is 28.7 Å². The fraction of sp³-hybridized carbons (Fsp3) is 0.529. The van der Waals surface area contributed by atoms with Crippen LogP contribution >= 0.6 is 28.3 Å². The number of halogens is 2. The van der Waals surface area contributed by atoms with Gasteiger partial charge in [-0.3, -0.25) is 9.59 Å². The predicted molar refractivity (Wildman–Crippen MR) is 102 cm³/mol. The Morgan fingerprint density at radius 1 is 1.42 bits per heavy atom. The highest BCUT2D eigenvalue weighted by Crippen LogP contribution is 2.27. The summed E-state index contributed by atoms with van der Waals surface area (Å²) in [5.41, 5.74) is 6.61. The molecule has 2 amide bonds. The van der Waals surface area contributed by atoms with Gasteiger partial charge in [-0.05, 0) is 37.5 Å². The molecule has 0 aromatic heterocycles. The van der Waals surface area contributed by atoms with Crippen LogP contribution in [0.4, 0.5) is 5.69 Å². The molecule has 1 aromatic carbocycles. The monoisotopic (exact) mass is 417 g/mol. The number of carbonyl (C=O) groups is 2. The number of carbonyl (C=O) groups excluding carboxylic acids is 2. The van der Waals surface area contributed by atoms with Gasteiger partial charge in [0.2, 0.25) is 11.8 Å². The first kappa shape index (κ1) is 20.9. The average Bonchev–Trinajstić information content (AvgIpc) is 2.94. The number of nitrogens with two attached hydrogens (primary N) is 1. The lowest BCUT2D eigenvalue weighted by Gasteiger charge is -2.27. The third kappa shape index (κ3) is 4.71. The number of hydrogen-bond donors (Lipinski definition) is 2. The van der Waals surface area contributed by atoms with Crippen LogP contribution in [-0.2, 0) is 9.59 Å². The first-order valence-electron chi connectivity index (χ1n) is 8.03. The second-order valence-electron chi connectivity index (χ2n) is 6.10. The van der Waals surface area contributed by atoms with Crippen molar-refractivity contribution in [2.24, 2.45) is 11.7 Å². The molecule has 134 valence electrons. The van der Waals surface area contributed by atoms with Crippen molar-refractivity contribution in [1.29, 1.82) is 0 Å². The SMILES string of the molecule is CCC(N)(CC)CNC(=O)C1CCN(c2cccc(Br)c2)C1=O.Cl. The molecule has 1 atom stereocenters. The number of nitrogens with one attached hydrogen (secondary N) is 1. The van der Waals surface area contributed by atoms with Crippen molar-refractivity contribution in [3.63, 3.8) is 0 Å². The van der Waals surface area contributed by atoms with Gasteiger partial charge in [0.25, 0.3) is 0 Å². The van der Waals surface area contributed by atoms with E-state index in [0.717, 1.165) is 23.0 Å². The summed E-state index contributed by atoms with van der Waals surface area (Å²) in [7, 11) is 0. The molecule has 24 heavy (non-hydrogen) atoms. The average molecular weight is 419 g/mol. The zero-order chi connectivity index (χ0) is 17.0. The zero-order valence-corrected chi connectivity index (χ0v) is 16.5. The second-order valence-corrected chi connectivity index (χ2v) is 7.01. The lowest BCUT2D eigenvalue weighted by atomic mass is 9.94. The molecule has 1 aromatic rings. The van der Waals surface area contributed by atoms with Crippen molar-refractivity contribution < 1.29 is 9.59 Å². The molecule has 1 unspecified atom stereocenters. The van der Waals surface area contributed by atoms with E-state index in [-0.39, 0.29) is 24.2 Å². The van der Waals surface area contributed by atoms with Gasteiger partial charge >= 0.3 is 0 Å². The van der Waals surface area contributed by atoms with Gasteiger partial charge in [0.15, 0.2) is 0 Å². The van der Waals surface area contributed by atoms with Crippen molar-refractivity contribution in [2.75, 3.05) is 18.0 Å². The van der Waals surface area contributed by atoms with Crippen LogP contribution in [0.5, 0.6) is 0 Å². The van der Waals surface area contributed by atoms with Crippen LogP contribution in [0, 0.1) is 5.92 Å². The maximum atomic E-state index is 12.5. The fourth-order valence-electron chi connectivity index (χ4n) is 2.71. The van der Waals surface area contributed by atoms with Gasteiger partial charge in [-0.15, -0.1) is 12.4 Å². The summed E-state index contributed by atoms with van der Waals surface area (Å²) in [6, 6.07) is 7.55. The maximum absolute atomic E-state index is 12.5. The number of rotatable bonds is 6. The van der Waals surface area contributed by atoms with Crippen molar-refractivity contribution in [3.8, 4) is 0 Å². The van der Waals surface area contributed by atoms with E-state index in [1.54, 1.807) is 4.90 Å². The van der Waals surface area contributed by atoms with Crippen molar-refractivity contribution in [1.82, 2.24) is 5.32 Å². The molecule has 1 saturated heterocycles. The first-order valence-corrected chi connectivity index (χ1v) is 8.83. The Labute approximate surface area is 157 Å². The smallest absolute Gasteiger partial charge is 0.239 e. The molecule has 0 radical (unpaired) electrons. The molecule has 0 spiro atoms. The third-order valence-corrected chi connectivity index (χ3v) is 5.16. The third-order valence-electron chi connectivity index (χ3n) is 4.66. The molecule has 5 nitrogen and oxygen atoms in total. The number of amides is 2. The summed E-state index contributed by atoms with van der Waals surface area (Å²) in [5.74, 6) is -0.979. The van der Waals surface area contributed by atoms with Gasteiger partial charge in [0, 0.05) is 28.8 Å². The molecule has 2 rings (SSSR count). The highest BCUT2D eigenvalue weighted by molar-refractivity contribution is 9.10. The van der Waals surface area contributed by atoms with E-state index in [2.05, 4.69) is 21.2 Å². The second kappa shape index (κ2) is 8.83. The maximum Gasteiger partial charge on any atom is 0.239 e. The van der Waals surface area contributed by atoms with E-state index >= 15 is 0 Å². The lowest BCUT2D eigenvalue weighted by molar-refractivity contribution is -0.132. The summed E-state index contributed by atoms with van der Waals surface area (Å²) >= 11 is 3.40. The summed E-state index contributed by atoms with van der Waals surface area (Å²) in [6.45, 7) is 4.97. The van der Waals surface area contributed by atoms with Crippen LogP contribution in [0.2, 0.25) is 0 Å². The molecule has 1 fully saturated rings. The lowest BCUT2D eigenvalue weighted by Crippen LogP contribution is -2.51. The van der Waals surface area contributed by atoms with Crippen LogP contribution in [0.3, 0.4) is 0 Å². The molecule has 1 aliphatic heterocycles. The van der Waals surface area contributed by atoms with Gasteiger partial charge < -0.3 is 16.0 Å². The van der Waals surface area contributed by atoms with Crippen LogP contribution in [0.1, 0.15) is 33.1 Å². The van der Waals surface area contributed by atoms with Crippen molar-refractivity contribution in [2.45, 2.75) is 38.6 Å². The number of anilines is 1. The standard InChI is InChI=1S/C17H24BrN3O2.ClH/c1-3-17(19,4-2)11-20-15(22)14-8-9-21(16(14)23)13-7-5-6-12(18)10-13;/h5-7,10,14H,3-4,8-9,11,19H2,1-2H3,(H,20,22);1H. The first-order chi connectivity index (χ1) is 10.9. The Balaban J connectivity index is 0.00000288. The zero-order valence-electron chi connectivity index (χ0n) is 14.0. The Morgan fingerprint density at radius 3 is 2.67 bits per heavy atom. The topological polar surface area (TPSA) is 75.4 Å². The highest BCUT2D eigenvalue weighted by Gasteiger charge is 2.38. The van der Waals surface area contributed by atoms with Gasteiger partial charge in [-0.1, -0.05) is 35.8 Å². The van der Waals surface area contributed by atoms with Crippen molar-refractivity contribution >= 4 is 45.8 Å². The van der Waals surface area contributed by atoms with E-state index in [1.807, 2.05) is 38.1 Å². The Bertz CT molecular complexity index is 593. The Morgan fingerprint density at radius 2 is 2.08 bits per heavy atom. The molecule has 1 heterocycles. The highest BCUT2D eigenvalue weighted by atomic mass is 79.9. The van der Waals surface area contributed by atoms with E-state index in [9.17, 15) is 9.59 Å². The minimum absolute atomic E-state index is 0. The molecule has 0 saturated carbocycles. The molecular weight excluding hydrogens is 394 g/mol. The number of benzene rings is 1. The van der Waals surface area contributed by atoms with Crippen molar-refractivity contribution in [3.05, 3.63) is 28.7 Å². The van der Waals surface area contributed by atoms with Crippen LogP contribution < -0.4 is 16.0 Å². The van der Waals surface area contributed by atoms with Gasteiger partial charge in [0.05, 0.1) is 0 Å². The Kier molecular flexibility index (Phi) is 7.70. The molecule has 3 N–H and O–H groups in total.